The van der Waals surface area contributed by atoms with E-state index in [9.17, 15) is 14.4 Å². The Morgan fingerprint density at radius 1 is 1.09 bits per heavy atom. The van der Waals surface area contributed by atoms with Crippen molar-refractivity contribution in [2.24, 2.45) is 10.9 Å². The van der Waals surface area contributed by atoms with Crippen LogP contribution in [0.15, 0.2) is 59.6 Å². The highest BCUT2D eigenvalue weighted by atomic mass is 16.5. The molecule has 0 bridgehead atoms. The van der Waals surface area contributed by atoms with Crippen LogP contribution in [0.2, 0.25) is 0 Å². The van der Waals surface area contributed by atoms with Crippen molar-refractivity contribution in [3.05, 3.63) is 54.6 Å². The van der Waals surface area contributed by atoms with Crippen molar-refractivity contribution < 1.29 is 23.7 Å². The van der Waals surface area contributed by atoms with Crippen LogP contribution in [0.3, 0.4) is 0 Å². The van der Waals surface area contributed by atoms with Crippen LogP contribution in [-0.4, -0.2) is 76.6 Å². The fraction of sp³-hybridized carbons (Fsp3) is 0.320. The second-order valence-corrected chi connectivity index (χ2v) is 8.92. The van der Waals surface area contributed by atoms with Gasteiger partial charge in [-0.1, -0.05) is 30.1 Å². The number of likely N-dealkylation sites (N-methyl/N-ethyl adjacent to an activating group) is 1. The number of amidine groups is 1. The van der Waals surface area contributed by atoms with Gasteiger partial charge in [0.1, 0.15) is 23.0 Å². The fourth-order valence-corrected chi connectivity index (χ4v) is 4.60. The van der Waals surface area contributed by atoms with Crippen LogP contribution in [0.1, 0.15) is 13.8 Å². The highest BCUT2D eigenvalue weighted by Gasteiger charge is 2.55. The van der Waals surface area contributed by atoms with Crippen molar-refractivity contribution in [1.82, 2.24) is 9.80 Å². The number of carbonyl (C=O) groups is 3. The number of benzene rings is 2. The molecule has 1 saturated heterocycles. The Hall–Kier alpha value is -4.01. The third-order valence-electron chi connectivity index (χ3n) is 6.14. The molecule has 3 aliphatic rings. The van der Waals surface area contributed by atoms with E-state index in [-0.39, 0.29) is 18.2 Å². The van der Waals surface area contributed by atoms with Gasteiger partial charge in [0.15, 0.2) is 0 Å². The number of guanidine groups is 1. The van der Waals surface area contributed by atoms with Gasteiger partial charge in [0.05, 0.1) is 19.6 Å². The van der Waals surface area contributed by atoms with E-state index in [0.717, 1.165) is 22.9 Å². The second-order valence-electron chi connectivity index (χ2n) is 8.92. The first-order chi connectivity index (χ1) is 16.3. The van der Waals surface area contributed by atoms with Gasteiger partial charge in [-0.25, -0.2) is 14.3 Å². The van der Waals surface area contributed by atoms with Crippen molar-refractivity contribution >= 4 is 35.2 Å². The van der Waals surface area contributed by atoms with E-state index in [4.69, 9.17) is 9.73 Å². The number of hydrogen-bond donors (Lipinski definition) is 0. The van der Waals surface area contributed by atoms with Crippen molar-refractivity contribution in [2.75, 3.05) is 31.6 Å². The van der Waals surface area contributed by atoms with Crippen LogP contribution in [0.5, 0.6) is 11.5 Å². The number of amides is 3. The molecule has 0 spiro atoms. The zero-order chi connectivity index (χ0) is 24.0. The molecule has 3 heterocycles. The number of imide groups is 1. The number of Topliss-reactive ketones (excluding diaryl/α,β-unsaturated/α-hetero) is 1. The molecule has 0 N–H and O–H groups in total. The molecule has 2 unspecified atom stereocenters. The van der Waals surface area contributed by atoms with Gasteiger partial charge in [-0.05, 0) is 43.3 Å². The van der Waals surface area contributed by atoms with Crippen molar-refractivity contribution in [1.29, 1.82) is 0 Å². The van der Waals surface area contributed by atoms with Crippen LogP contribution in [0.4, 0.5) is 10.5 Å². The van der Waals surface area contributed by atoms with Crippen LogP contribution in [-0.2, 0) is 9.59 Å². The summed E-state index contributed by atoms with van der Waals surface area (Å²) in [5.41, 5.74) is 0.914. The molecule has 0 saturated carbocycles. The minimum Gasteiger partial charge on any atom is -0.457 e. The van der Waals surface area contributed by atoms with Gasteiger partial charge in [0.2, 0.25) is 11.9 Å². The number of carbonyl (C=O) groups excluding carboxylic acids is 3. The van der Waals surface area contributed by atoms with Crippen LogP contribution in [0, 0.1) is 5.92 Å². The lowest BCUT2D eigenvalue weighted by Gasteiger charge is -2.35. The summed E-state index contributed by atoms with van der Waals surface area (Å²) >= 11 is 0. The van der Waals surface area contributed by atoms with Crippen molar-refractivity contribution in [2.45, 2.75) is 19.9 Å². The van der Waals surface area contributed by atoms with Gasteiger partial charge < -0.3 is 4.74 Å². The van der Waals surface area contributed by atoms with E-state index >= 15 is 0 Å². The Morgan fingerprint density at radius 2 is 1.76 bits per heavy atom. The Kier molecular flexibility index (Phi) is 5.39. The molecule has 3 aliphatic heterocycles. The zero-order valence-corrected chi connectivity index (χ0v) is 19.3. The number of para-hydroxylation sites is 1. The molecule has 0 radical (unpaired) electrons. The number of nitrogens with zero attached hydrogens (tertiary/aromatic N) is 5. The molecule has 174 valence electrons. The van der Waals surface area contributed by atoms with Gasteiger partial charge in [0.25, 0.3) is 5.91 Å². The molecular weight excluding hydrogens is 434 g/mol. The first-order valence-electron chi connectivity index (χ1n) is 11.2. The molecular formula is C25H26N5O4+. The molecule has 9 nitrogen and oxygen atoms in total. The third-order valence-corrected chi connectivity index (χ3v) is 6.14. The predicted octanol–water partition coefficient (Wildman–Crippen LogP) is 2.57. The lowest BCUT2D eigenvalue weighted by molar-refractivity contribution is -0.545. The minimum absolute atomic E-state index is 0.239. The maximum Gasteiger partial charge on any atom is 0.397 e. The number of ketones is 1. The lowest BCUT2D eigenvalue weighted by atomic mass is 10.1. The average molecular weight is 461 g/mol. The molecule has 2 atom stereocenters. The summed E-state index contributed by atoms with van der Waals surface area (Å²) in [6, 6.07) is 16.0. The second kappa shape index (κ2) is 8.40. The van der Waals surface area contributed by atoms with Crippen LogP contribution in [0.25, 0.3) is 0 Å². The summed E-state index contributed by atoms with van der Waals surface area (Å²) in [5.74, 6) is 2.09. The molecule has 2 aromatic rings. The highest BCUT2D eigenvalue weighted by molar-refractivity contribution is 6.24. The quantitative estimate of drug-likeness (QED) is 0.641. The SMILES string of the molecule is CC(=O)CN1C(=O)C2C(=NC3=[N+]2CC(C)CN3c2ccc(Oc3ccccc3)cc2)N(C)C1=O. The van der Waals surface area contributed by atoms with E-state index in [0.29, 0.717) is 24.1 Å². The molecule has 9 heteroatoms. The van der Waals surface area contributed by atoms with Crippen molar-refractivity contribution in [3.63, 3.8) is 0 Å². The summed E-state index contributed by atoms with van der Waals surface area (Å²) in [4.78, 5) is 46.9. The smallest absolute Gasteiger partial charge is 0.397 e. The lowest BCUT2D eigenvalue weighted by Crippen LogP contribution is -2.64. The number of fused-ring (bicyclic) bond motifs is 2. The number of anilines is 1. The zero-order valence-electron chi connectivity index (χ0n) is 19.3. The molecule has 1 fully saturated rings. The number of hydrogen-bond acceptors (Lipinski definition) is 6. The van der Waals surface area contributed by atoms with Gasteiger partial charge in [-0.15, -0.1) is 0 Å². The number of aliphatic imine (C=N–C) groups is 1. The van der Waals surface area contributed by atoms with Gasteiger partial charge >= 0.3 is 12.0 Å². The maximum atomic E-state index is 13.3. The summed E-state index contributed by atoms with van der Waals surface area (Å²) < 4.78 is 7.84. The summed E-state index contributed by atoms with van der Waals surface area (Å²) in [6.45, 7) is 4.59. The summed E-state index contributed by atoms with van der Waals surface area (Å²) in [7, 11) is 1.59. The van der Waals surface area contributed by atoms with E-state index in [1.54, 1.807) is 7.05 Å². The fourth-order valence-electron chi connectivity index (χ4n) is 4.60. The molecule has 0 aromatic heterocycles. The minimum atomic E-state index is -0.719. The first-order valence-corrected chi connectivity index (χ1v) is 11.2. The average Bonchev–Trinajstić information content (AvgIpc) is 3.20. The maximum absolute atomic E-state index is 13.3. The third kappa shape index (κ3) is 3.72. The standard InChI is InChI=1S/C25H26N5O4/c1-16-13-28(18-9-11-20(12-10-18)34-19-7-5-4-6-8-19)24-26-22-21(29(24)14-16)23(32)30(15-17(2)31)25(33)27(22)3/h4-12,16,21H,13-15H2,1-3H3/q+1. The first kappa shape index (κ1) is 21.8. The normalized spacial score (nSPS) is 22.0. The molecule has 3 amide bonds. The summed E-state index contributed by atoms with van der Waals surface area (Å²) in [5, 5.41) is 0. The number of urea groups is 1. The monoisotopic (exact) mass is 460 g/mol. The van der Waals surface area contributed by atoms with Gasteiger partial charge in [0, 0.05) is 13.0 Å². The molecule has 34 heavy (non-hydrogen) atoms. The van der Waals surface area contributed by atoms with E-state index in [1.807, 2.05) is 59.2 Å². The molecule has 2 aromatic carbocycles. The number of ether oxygens (including phenoxy) is 1. The predicted molar refractivity (Wildman–Crippen MR) is 126 cm³/mol. The van der Waals surface area contributed by atoms with E-state index in [2.05, 4.69) is 11.8 Å². The highest BCUT2D eigenvalue weighted by Crippen LogP contribution is 2.30. The Labute approximate surface area is 197 Å². The van der Waals surface area contributed by atoms with Gasteiger partial charge in [-0.3, -0.25) is 19.4 Å². The summed E-state index contributed by atoms with van der Waals surface area (Å²) in [6.07, 6.45) is 0. The topological polar surface area (TPSA) is 85.5 Å². The van der Waals surface area contributed by atoms with E-state index in [1.165, 1.54) is 11.8 Å². The largest absolute Gasteiger partial charge is 0.457 e. The number of rotatable bonds is 5. The Morgan fingerprint density at radius 3 is 2.44 bits per heavy atom. The molecule has 0 aliphatic carbocycles. The van der Waals surface area contributed by atoms with Crippen LogP contribution >= 0.6 is 0 Å². The van der Waals surface area contributed by atoms with Gasteiger partial charge in [-0.2, -0.15) is 0 Å². The Bertz CT molecular complexity index is 1220. The Balaban J connectivity index is 1.46. The van der Waals surface area contributed by atoms with Crippen LogP contribution < -0.4 is 9.64 Å². The van der Waals surface area contributed by atoms with E-state index < -0.39 is 18.0 Å². The van der Waals surface area contributed by atoms with Crippen molar-refractivity contribution in [3.8, 4) is 11.5 Å². The molecule has 5 rings (SSSR count).